The number of amides is 1. The van der Waals surface area contributed by atoms with E-state index in [-0.39, 0.29) is 25.6 Å². The summed E-state index contributed by atoms with van der Waals surface area (Å²) < 4.78 is 31.7. The first-order chi connectivity index (χ1) is 9.72. The third kappa shape index (κ3) is 3.60. The highest BCUT2D eigenvalue weighted by Crippen LogP contribution is 2.20. The molecule has 1 aromatic heterocycles. The second-order valence-electron chi connectivity index (χ2n) is 5.30. The van der Waals surface area contributed by atoms with E-state index in [4.69, 9.17) is 4.74 Å². The standard InChI is InChI=1S/C12H20N4O4S/c1-12(9-16(6-7-20-12)21(3,18)19)11(17)13-8-10-4-5-14-15(10)2/h4-5H,6-9H2,1-3H3,(H,13,17)/t12-/m1/s1. The van der Waals surface area contributed by atoms with Crippen molar-refractivity contribution < 1.29 is 17.9 Å². The van der Waals surface area contributed by atoms with Crippen LogP contribution in [-0.4, -0.2) is 60.0 Å². The summed E-state index contributed by atoms with van der Waals surface area (Å²) in [6.07, 6.45) is 2.78. The average molecular weight is 316 g/mol. The SMILES string of the molecule is Cn1nccc1CNC(=O)[C@@]1(C)CN(S(C)(=O)=O)CCO1. The number of carbonyl (C=O) groups excluding carboxylic acids is 1. The fraction of sp³-hybridized carbons (Fsp3) is 0.667. The highest BCUT2D eigenvalue weighted by Gasteiger charge is 2.41. The lowest BCUT2D eigenvalue weighted by molar-refractivity contribution is -0.152. The normalized spacial score (nSPS) is 24.0. The van der Waals surface area contributed by atoms with Gasteiger partial charge in [0.05, 0.1) is 31.6 Å². The molecule has 1 fully saturated rings. The van der Waals surface area contributed by atoms with E-state index in [1.807, 2.05) is 0 Å². The minimum Gasteiger partial charge on any atom is -0.363 e. The number of nitrogens with one attached hydrogen (secondary N) is 1. The molecule has 9 heteroatoms. The predicted octanol–water partition coefficient (Wildman–Crippen LogP) is -0.913. The first-order valence-corrected chi connectivity index (χ1v) is 8.41. The van der Waals surface area contributed by atoms with Gasteiger partial charge in [0.1, 0.15) is 0 Å². The minimum atomic E-state index is -3.34. The molecule has 1 aliphatic heterocycles. The van der Waals surface area contributed by atoms with E-state index in [1.165, 1.54) is 4.31 Å². The molecule has 0 spiro atoms. The third-order valence-corrected chi connectivity index (χ3v) is 4.79. The zero-order chi connectivity index (χ0) is 15.7. The van der Waals surface area contributed by atoms with Gasteiger partial charge in [-0.2, -0.15) is 9.40 Å². The Kier molecular flexibility index (Phi) is 4.35. The number of aryl methyl sites for hydroxylation is 1. The Morgan fingerprint density at radius 3 is 2.86 bits per heavy atom. The van der Waals surface area contributed by atoms with Crippen molar-refractivity contribution in [2.75, 3.05) is 26.0 Å². The van der Waals surface area contributed by atoms with Crippen molar-refractivity contribution in [3.8, 4) is 0 Å². The Balaban J connectivity index is 2.02. The number of morpholine rings is 1. The van der Waals surface area contributed by atoms with Crippen LogP contribution in [0.3, 0.4) is 0 Å². The topological polar surface area (TPSA) is 93.5 Å². The lowest BCUT2D eigenvalue weighted by Crippen LogP contribution is -2.59. The molecule has 0 bridgehead atoms. The van der Waals surface area contributed by atoms with Crippen LogP contribution in [0.4, 0.5) is 0 Å². The van der Waals surface area contributed by atoms with Crippen molar-refractivity contribution in [3.05, 3.63) is 18.0 Å². The quantitative estimate of drug-likeness (QED) is 0.776. The molecule has 1 aromatic rings. The maximum absolute atomic E-state index is 12.3. The molecule has 1 saturated heterocycles. The zero-order valence-electron chi connectivity index (χ0n) is 12.4. The smallest absolute Gasteiger partial charge is 0.253 e. The molecule has 8 nitrogen and oxygen atoms in total. The van der Waals surface area contributed by atoms with Gasteiger partial charge in [0.15, 0.2) is 5.60 Å². The van der Waals surface area contributed by atoms with E-state index in [0.29, 0.717) is 6.54 Å². The summed E-state index contributed by atoms with van der Waals surface area (Å²) in [6.45, 7) is 2.39. The van der Waals surface area contributed by atoms with Crippen LogP contribution < -0.4 is 5.32 Å². The number of hydrogen-bond donors (Lipinski definition) is 1. The van der Waals surface area contributed by atoms with Crippen LogP contribution in [0.25, 0.3) is 0 Å². The molecule has 0 radical (unpaired) electrons. The van der Waals surface area contributed by atoms with Gasteiger partial charge in [-0.1, -0.05) is 0 Å². The number of hydrogen-bond acceptors (Lipinski definition) is 5. The summed E-state index contributed by atoms with van der Waals surface area (Å²) in [6, 6.07) is 1.80. The largest absolute Gasteiger partial charge is 0.363 e. The van der Waals surface area contributed by atoms with E-state index in [1.54, 1.807) is 30.9 Å². The van der Waals surface area contributed by atoms with Crippen molar-refractivity contribution in [2.24, 2.45) is 7.05 Å². The highest BCUT2D eigenvalue weighted by molar-refractivity contribution is 7.88. The second kappa shape index (κ2) is 5.74. The number of rotatable bonds is 4. The van der Waals surface area contributed by atoms with Crippen LogP contribution in [0.15, 0.2) is 12.3 Å². The fourth-order valence-corrected chi connectivity index (χ4v) is 3.07. The van der Waals surface area contributed by atoms with Crippen molar-refractivity contribution in [2.45, 2.75) is 19.1 Å². The summed E-state index contributed by atoms with van der Waals surface area (Å²) in [5.74, 6) is -0.336. The van der Waals surface area contributed by atoms with Gasteiger partial charge in [0.25, 0.3) is 5.91 Å². The molecule has 0 unspecified atom stereocenters. The van der Waals surface area contributed by atoms with E-state index in [2.05, 4.69) is 10.4 Å². The van der Waals surface area contributed by atoms with Gasteiger partial charge >= 0.3 is 0 Å². The Labute approximate surface area is 124 Å². The summed E-state index contributed by atoms with van der Waals surface area (Å²) >= 11 is 0. The molecule has 21 heavy (non-hydrogen) atoms. The minimum absolute atomic E-state index is 0.0169. The lowest BCUT2D eigenvalue weighted by atomic mass is 10.0. The van der Waals surface area contributed by atoms with E-state index < -0.39 is 15.6 Å². The number of ether oxygens (including phenoxy) is 1. The molecule has 2 rings (SSSR count). The summed E-state index contributed by atoms with van der Waals surface area (Å²) in [5, 5.41) is 6.78. The molecule has 1 aliphatic rings. The van der Waals surface area contributed by atoms with Crippen LogP contribution in [0.2, 0.25) is 0 Å². The first-order valence-electron chi connectivity index (χ1n) is 6.57. The maximum atomic E-state index is 12.3. The van der Waals surface area contributed by atoms with Crippen LogP contribution in [0.5, 0.6) is 0 Å². The number of carbonyl (C=O) groups is 1. The lowest BCUT2D eigenvalue weighted by Gasteiger charge is -2.37. The van der Waals surface area contributed by atoms with Crippen molar-refractivity contribution in [1.82, 2.24) is 19.4 Å². The summed E-state index contributed by atoms with van der Waals surface area (Å²) in [7, 11) is -1.55. The molecule has 118 valence electrons. The van der Waals surface area contributed by atoms with E-state index >= 15 is 0 Å². The first kappa shape index (κ1) is 15.9. The molecular weight excluding hydrogens is 296 g/mol. The molecule has 1 N–H and O–H groups in total. The summed E-state index contributed by atoms with van der Waals surface area (Å²) in [4.78, 5) is 12.3. The highest BCUT2D eigenvalue weighted by atomic mass is 32.2. The molecule has 0 saturated carbocycles. The van der Waals surface area contributed by atoms with Crippen molar-refractivity contribution in [1.29, 1.82) is 0 Å². The Bertz CT molecular complexity index is 627. The molecule has 2 heterocycles. The van der Waals surface area contributed by atoms with Crippen LogP contribution in [0.1, 0.15) is 12.6 Å². The molecule has 0 aliphatic carbocycles. The Morgan fingerprint density at radius 1 is 1.57 bits per heavy atom. The number of sulfonamides is 1. The Morgan fingerprint density at radius 2 is 2.29 bits per heavy atom. The molecular formula is C12H20N4O4S. The zero-order valence-corrected chi connectivity index (χ0v) is 13.2. The maximum Gasteiger partial charge on any atom is 0.253 e. The second-order valence-corrected chi connectivity index (χ2v) is 7.29. The van der Waals surface area contributed by atoms with Gasteiger partial charge in [-0.3, -0.25) is 9.48 Å². The number of nitrogens with zero attached hydrogens (tertiary/aromatic N) is 3. The monoisotopic (exact) mass is 316 g/mol. The van der Waals surface area contributed by atoms with E-state index in [0.717, 1.165) is 11.9 Å². The van der Waals surface area contributed by atoms with Gasteiger partial charge in [-0.15, -0.1) is 0 Å². The van der Waals surface area contributed by atoms with Crippen LogP contribution >= 0.6 is 0 Å². The van der Waals surface area contributed by atoms with Gasteiger partial charge < -0.3 is 10.1 Å². The Hall–Kier alpha value is -1.45. The van der Waals surface area contributed by atoms with Crippen molar-refractivity contribution >= 4 is 15.9 Å². The molecule has 1 amide bonds. The van der Waals surface area contributed by atoms with E-state index in [9.17, 15) is 13.2 Å². The van der Waals surface area contributed by atoms with Crippen LogP contribution in [0, 0.1) is 0 Å². The third-order valence-electron chi connectivity index (χ3n) is 3.54. The van der Waals surface area contributed by atoms with Gasteiger partial charge in [-0.05, 0) is 13.0 Å². The van der Waals surface area contributed by atoms with Gasteiger partial charge in [-0.25, -0.2) is 8.42 Å². The summed E-state index contributed by atoms with van der Waals surface area (Å²) in [5.41, 5.74) is -0.331. The van der Waals surface area contributed by atoms with Gasteiger partial charge in [0, 0.05) is 19.8 Å². The molecule has 0 aromatic carbocycles. The van der Waals surface area contributed by atoms with Crippen molar-refractivity contribution in [3.63, 3.8) is 0 Å². The number of aromatic nitrogens is 2. The fourth-order valence-electron chi connectivity index (χ4n) is 2.19. The molecule has 1 atom stereocenters. The van der Waals surface area contributed by atoms with Gasteiger partial charge in [0.2, 0.25) is 10.0 Å². The van der Waals surface area contributed by atoms with Crippen LogP contribution in [-0.2, 0) is 33.1 Å². The average Bonchev–Trinajstić information content (AvgIpc) is 2.80. The predicted molar refractivity (Wildman–Crippen MR) is 75.8 cm³/mol.